The van der Waals surface area contributed by atoms with Crippen LogP contribution in [-0.4, -0.2) is 25.0 Å². The predicted octanol–water partition coefficient (Wildman–Crippen LogP) is 0.270. The molecule has 17 heavy (non-hydrogen) atoms. The number of fused-ring (bicyclic) bond motifs is 3. The minimum atomic E-state index is -0.298. The van der Waals surface area contributed by atoms with Gasteiger partial charge in [0.05, 0.1) is 17.0 Å². The first kappa shape index (κ1) is 9.76. The maximum atomic E-state index is 11.6. The molecule has 0 bridgehead atoms. The highest BCUT2D eigenvalue weighted by molar-refractivity contribution is 6.08. The van der Waals surface area contributed by atoms with E-state index in [1.807, 2.05) is 6.92 Å². The zero-order valence-corrected chi connectivity index (χ0v) is 9.14. The molecule has 3 heterocycles. The molecule has 0 fully saturated rings. The maximum Gasteiger partial charge on any atom is 0.273 e. The normalized spacial score (nSPS) is 11.4. The summed E-state index contributed by atoms with van der Waals surface area (Å²) in [5.41, 5.74) is 6.21. The molecule has 0 atom stereocenters. The lowest BCUT2D eigenvalue weighted by atomic mass is 10.2. The number of aromatic amines is 1. The molecule has 0 aliphatic rings. The summed E-state index contributed by atoms with van der Waals surface area (Å²) in [7, 11) is 0. The zero-order chi connectivity index (χ0) is 12.0. The lowest BCUT2D eigenvalue weighted by molar-refractivity contribution is 0.677. The maximum absolute atomic E-state index is 11.6. The van der Waals surface area contributed by atoms with Gasteiger partial charge in [-0.25, -0.2) is 14.8 Å². The van der Waals surface area contributed by atoms with Gasteiger partial charge in [-0.05, 0) is 6.92 Å². The number of pyridine rings is 1. The first-order valence-corrected chi connectivity index (χ1v) is 5.20. The highest BCUT2D eigenvalue weighted by atomic mass is 16.1. The Bertz CT molecular complexity index is 771. The molecule has 3 aromatic heterocycles. The van der Waals surface area contributed by atoms with Gasteiger partial charge in [-0.3, -0.25) is 4.79 Å². The minimum Gasteiger partial charge on any atom is -0.382 e. The van der Waals surface area contributed by atoms with Crippen LogP contribution in [0.1, 0.15) is 6.92 Å². The SMILES string of the molecule is CCn1ncc2c3c(N)n[nH]c(=O)c3cnc21. The van der Waals surface area contributed by atoms with Crippen molar-refractivity contribution in [2.45, 2.75) is 13.5 Å². The Labute approximate surface area is 95.3 Å². The van der Waals surface area contributed by atoms with Gasteiger partial charge in [0.15, 0.2) is 11.5 Å². The van der Waals surface area contributed by atoms with Crippen LogP contribution in [0, 0.1) is 0 Å². The number of rotatable bonds is 1. The molecule has 0 saturated heterocycles. The molecule has 7 heteroatoms. The van der Waals surface area contributed by atoms with Crippen LogP contribution in [-0.2, 0) is 6.54 Å². The van der Waals surface area contributed by atoms with Crippen molar-refractivity contribution >= 4 is 27.6 Å². The average molecular weight is 230 g/mol. The second-order valence-electron chi connectivity index (χ2n) is 3.68. The van der Waals surface area contributed by atoms with Crippen molar-refractivity contribution in [3.63, 3.8) is 0 Å². The highest BCUT2D eigenvalue weighted by Crippen LogP contribution is 2.24. The number of H-pyrrole nitrogens is 1. The van der Waals surface area contributed by atoms with Gasteiger partial charge in [0.1, 0.15) is 0 Å². The Balaban J connectivity index is 2.60. The van der Waals surface area contributed by atoms with Crippen LogP contribution in [0.5, 0.6) is 0 Å². The smallest absolute Gasteiger partial charge is 0.273 e. The van der Waals surface area contributed by atoms with Crippen LogP contribution in [0.4, 0.5) is 5.82 Å². The zero-order valence-electron chi connectivity index (χ0n) is 9.14. The van der Waals surface area contributed by atoms with Crippen LogP contribution in [0.2, 0.25) is 0 Å². The lowest BCUT2D eigenvalue weighted by Gasteiger charge is -2.02. The third kappa shape index (κ3) is 1.22. The molecule has 0 aliphatic carbocycles. The first-order valence-electron chi connectivity index (χ1n) is 5.20. The monoisotopic (exact) mass is 230 g/mol. The minimum absolute atomic E-state index is 0.280. The summed E-state index contributed by atoms with van der Waals surface area (Å²) in [6, 6.07) is 0. The Morgan fingerprint density at radius 2 is 2.24 bits per heavy atom. The standard InChI is InChI=1S/C10H10N6O/c1-2-16-9-5(4-13-16)7-6(3-12-9)10(17)15-14-8(7)11/h3-4H,2H2,1H3,(H2,11,14)(H,15,17). The number of hydrogen-bond acceptors (Lipinski definition) is 5. The molecule has 0 spiro atoms. The lowest BCUT2D eigenvalue weighted by Crippen LogP contribution is -2.11. The molecular weight excluding hydrogens is 220 g/mol. The van der Waals surface area contributed by atoms with E-state index in [2.05, 4.69) is 20.3 Å². The summed E-state index contributed by atoms with van der Waals surface area (Å²) in [6.07, 6.45) is 3.16. The van der Waals surface area contributed by atoms with Crippen LogP contribution in [0.25, 0.3) is 21.8 Å². The van der Waals surface area contributed by atoms with Crippen molar-refractivity contribution in [3.05, 3.63) is 22.7 Å². The Kier molecular flexibility index (Phi) is 1.88. The van der Waals surface area contributed by atoms with E-state index in [9.17, 15) is 4.79 Å². The van der Waals surface area contributed by atoms with Crippen molar-refractivity contribution in [2.75, 3.05) is 5.73 Å². The molecule has 3 N–H and O–H groups in total. The van der Waals surface area contributed by atoms with E-state index in [1.54, 1.807) is 10.9 Å². The van der Waals surface area contributed by atoms with Crippen molar-refractivity contribution in [3.8, 4) is 0 Å². The van der Waals surface area contributed by atoms with Crippen molar-refractivity contribution in [1.82, 2.24) is 25.0 Å². The average Bonchev–Trinajstić information content (AvgIpc) is 2.76. The van der Waals surface area contributed by atoms with Crippen LogP contribution >= 0.6 is 0 Å². The quantitative estimate of drug-likeness (QED) is 0.624. The first-order chi connectivity index (χ1) is 8.22. The van der Waals surface area contributed by atoms with Gasteiger partial charge >= 0.3 is 0 Å². The molecule has 0 aliphatic heterocycles. The molecule has 0 amide bonds. The van der Waals surface area contributed by atoms with E-state index in [-0.39, 0.29) is 11.4 Å². The fourth-order valence-electron chi connectivity index (χ4n) is 1.93. The van der Waals surface area contributed by atoms with Crippen molar-refractivity contribution in [2.24, 2.45) is 0 Å². The van der Waals surface area contributed by atoms with Crippen LogP contribution in [0.15, 0.2) is 17.2 Å². The molecule has 3 rings (SSSR count). The summed E-state index contributed by atoms with van der Waals surface area (Å²) in [5.74, 6) is 0.280. The summed E-state index contributed by atoms with van der Waals surface area (Å²) in [6.45, 7) is 2.68. The van der Waals surface area contributed by atoms with Gasteiger partial charge in [-0.15, -0.1) is 0 Å². The summed E-state index contributed by atoms with van der Waals surface area (Å²) >= 11 is 0. The van der Waals surface area contributed by atoms with Crippen molar-refractivity contribution in [1.29, 1.82) is 0 Å². The van der Waals surface area contributed by atoms with Gasteiger partial charge in [-0.1, -0.05) is 0 Å². The third-order valence-corrected chi connectivity index (χ3v) is 2.74. The fourth-order valence-corrected chi connectivity index (χ4v) is 1.93. The molecular formula is C10H10N6O. The number of nitrogens with two attached hydrogens (primary N) is 1. The van der Waals surface area contributed by atoms with Gasteiger partial charge in [-0.2, -0.15) is 10.2 Å². The predicted molar refractivity (Wildman–Crippen MR) is 63.5 cm³/mol. The second-order valence-corrected chi connectivity index (χ2v) is 3.68. The van der Waals surface area contributed by atoms with E-state index in [0.717, 1.165) is 5.39 Å². The Hall–Kier alpha value is -2.44. The van der Waals surface area contributed by atoms with Crippen molar-refractivity contribution < 1.29 is 0 Å². The summed E-state index contributed by atoms with van der Waals surface area (Å²) in [5, 5.41) is 12.1. The number of hydrogen-bond donors (Lipinski definition) is 2. The van der Waals surface area contributed by atoms with E-state index >= 15 is 0 Å². The number of aromatic nitrogens is 5. The number of nitrogens with one attached hydrogen (secondary N) is 1. The molecule has 0 aromatic carbocycles. The van der Waals surface area contributed by atoms with Gasteiger partial charge in [0.25, 0.3) is 5.56 Å². The third-order valence-electron chi connectivity index (χ3n) is 2.74. The number of nitrogens with zero attached hydrogens (tertiary/aromatic N) is 4. The van der Waals surface area contributed by atoms with E-state index in [0.29, 0.717) is 23.0 Å². The Morgan fingerprint density at radius 3 is 3.00 bits per heavy atom. The van der Waals surface area contributed by atoms with Crippen LogP contribution in [0.3, 0.4) is 0 Å². The number of nitrogen functional groups attached to an aromatic ring is 1. The molecule has 0 saturated carbocycles. The largest absolute Gasteiger partial charge is 0.382 e. The Morgan fingerprint density at radius 1 is 1.41 bits per heavy atom. The molecule has 7 nitrogen and oxygen atoms in total. The highest BCUT2D eigenvalue weighted by Gasteiger charge is 2.12. The number of aryl methyl sites for hydroxylation is 1. The van der Waals surface area contributed by atoms with Gasteiger partial charge < -0.3 is 5.73 Å². The summed E-state index contributed by atoms with van der Waals surface area (Å²) in [4.78, 5) is 15.8. The molecule has 0 radical (unpaired) electrons. The fraction of sp³-hybridized carbons (Fsp3) is 0.200. The number of anilines is 1. The van der Waals surface area contributed by atoms with Gasteiger partial charge in [0, 0.05) is 18.1 Å². The van der Waals surface area contributed by atoms with E-state index in [1.165, 1.54) is 6.20 Å². The molecule has 86 valence electrons. The van der Waals surface area contributed by atoms with Crippen LogP contribution < -0.4 is 11.3 Å². The van der Waals surface area contributed by atoms with Gasteiger partial charge in [0.2, 0.25) is 0 Å². The van der Waals surface area contributed by atoms with E-state index in [4.69, 9.17) is 5.73 Å². The second kappa shape index (κ2) is 3.27. The summed E-state index contributed by atoms with van der Waals surface area (Å²) < 4.78 is 1.75. The van der Waals surface area contributed by atoms with E-state index < -0.39 is 0 Å². The topological polar surface area (TPSA) is 102 Å². The molecule has 3 aromatic rings. The molecule has 0 unspecified atom stereocenters.